The van der Waals surface area contributed by atoms with Crippen LogP contribution in [-0.4, -0.2) is 34.9 Å². The standard InChI is InChI=1S/C19H14FIN2O.C10H9BrFIO2/c20-15-8-6-13-11-23(19(24)17(13)18(15)21)10-9-14-7-5-12-3-1-2-4-16(12)22-14;1-2-15-10(14)8-6(5-11)3-4-7(12)9(8)13/h1-8H,9-11H2;3-4H,2,5H2,1H3. The Balaban J connectivity index is 0.000000204. The number of alkyl halides is 1. The number of benzene rings is 3. The van der Waals surface area contributed by atoms with Gasteiger partial charge in [0.1, 0.15) is 11.6 Å². The monoisotopic (exact) mass is 818 g/mol. The molecule has 0 aliphatic carbocycles. The third-order valence-electron chi connectivity index (χ3n) is 6.14. The largest absolute Gasteiger partial charge is 0.462 e. The van der Waals surface area contributed by atoms with Gasteiger partial charge in [0, 0.05) is 35.9 Å². The van der Waals surface area contributed by atoms with Crippen LogP contribution in [0.15, 0.2) is 60.7 Å². The number of pyridine rings is 1. The van der Waals surface area contributed by atoms with E-state index in [4.69, 9.17) is 4.74 Å². The van der Waals surface area contributed by atoms with Gasteiger partial charge >= 0.3 is 5.97 Å². The van der Waals surface area contributed by atoms with Gasteiger partial charge in [-0.05, 0) is 87.5 Å². The summed E-state index contributed by atoms with van der Waals surface area (Å²) in [5.74, 6) is -1.30. The fourth-order valence-electron chi connectivity index (χ4n) is 4.19. The Labute approximate surface area is 260 Å². The lowest BCUT2D eigenvalue weighted by Gasteiger charge is -2.15. The van der Waals surface area contributed by atoms with Gasteiger partial charge in [-0.2, -0.15) is 0 Å². The summed E-state index contributed by atoms with van der Waals surface area (Å²) in [7, 11) is 0. The highest BCUT2D eigenvalue weighted by Crippen LogP contribution is 2.29. The first-order valence-electron chi connectivity index (χ1n) is 12.1. The molecule has 3 aromatic carbocycles. The summed E-state index contributed by atoms with van der Waals surface area (Å²) >= 11 is 6.98. The Morgan fingerprint density at radius 1 is 1.03 bits per heavy atom. The van der Waals surface area contributed by atoms with Crippen molar-refractivity contribution in [2.45, 2.75) is 25.2 Å². The summed E-state index contributed by atoms with van der Waals surface area (Å²) in [6.45, 7) is 3.12. The van der Waals surface area contributed by atoms with E-state index in [2.05, 4.69) is 27.0 Å². The molecule has 1 amide bonds. The molecule has 1 aliphatic rings. The molecule has 0 fully saturated rings. The van der Waals surface area contributed by atoms with E-state index in [1.807, 2.05) is 75.5 Å². The van der Waals surface area contributed by atoms with Gasteiger partial charge in [0.05, 0.1) is 30.4 Å². The Kier molecular flexibility index (Phi) is 10.3. The molecule has 4 aromatic rings. The number of para-hydroxylation sites is 1. The fourth-order valence-corrected chi connectivity index (χ4v) is 6.16. The van der Waals surface area contributed by atoms with Gasteiger partial charge in [0.15, 0.2) is 0 Å². The molecular formula is C29H23BrF2I2N2O3. The number of hydrogen-bond donors (Lipinski definition) is 0. The Hall–Kier alpha value is -2.19. The van der Waals surface area contributed by atoms with Crippen LogP contribution >= 0.6 is 61.1 Å². The lowest BCUT2D eigenvalue weighted by Crippen LogP contribution is -2.26. The number of carbonyl (C=O) groups excluding carboxylic acids is 2. The van der Waals surface area contributed by atoms with E-state index in [1.54, 1.807) is 24.0 Å². The molecular weight excluding hydrogens is 796 g/mol. The first-order chi connectivity index (χ1) is 18.7. The molecule has 0 saturated heterocycles. The van der Waals surface area contributed by atoms with Gasteiger partial charge in [-0.15, -0.1) is 0 Å². The average Bonchev–Trinajstić information content (AvgIpc) is 3.27. The van der Waals surface area contributed by atoms with Crippen molar-refractivity contribution in [2.75, 3.05) is 13.2 Å². The van der Waals surface area contributed by atoms with Gasteiger partial charge in [0.25, 0.3) is 5.91 Å². The van der Waals surface area contributed by atoms with Gasteiger partial charge in [-0.25, -0.2) is 13.6 Å². The van der Waals surface area contributed by atoms with Crippen molar-refractivity contribution in [1.82, 2.24) is 9.88 Å². The number of aromatic nitrogens is 1. The summed E-state index contributed by atoms with van der Waals surface area (Å²) < 4.78 is 32.6. The topological polar surface area (TPSA) is 59.5 Å². The van der Waals surface area contributed by atoms with E-state index < -0.39 is 11.8 Å². The maximum atomic E-state index is 13.7. The van der Waals surface area contributed by atoms with E-state index in [9.17, 15) is 18.4 Å². The Bertz CT molecular complexity index is 1550. The highest BCUT2D eigenvalue weighted by atomic mass is 127. The van der Waals surface area contributed by atoms with Crippen LogP contribution in [0.5, 0.6) is 0 Å². The van der Waals surface area contributed by atoms with E-state index >= 15 is 0 Å². The number of esters is 1. The van der Waals surface area contributed by atoms with Crippen molar-refractivity contribution in [1.29, 1.82) is 0 Å². The summed E-state index contributed by atoms with van der Waals surface area (Å²) in [4.78, 5) is 30.5. The van der Waals surface area contributed by atoms with Crippen LogP contribution in [0.1, 0.15) is 44.5 Å². The predicted octanol–water partition coefficient (Wildman–Crippen LogP) is 7.68. The minimum atomic E-state index is -0.476. The van der Waals surface area contributed by atoms with Crippen LogP contribution < -0.4 is 0 Å². The number of amides is 1. The number of hydrogen-bond acceptors (Lipinski definition) is 4. The van der Waals surface area contributed by atoms with Crippen LogP contribution in [0.2, 0.25) is 0 Å². The number of ether oxygens (including phenoxy) is 1. The molecule has 0 N–H and O–H groups in total. The molecule has 1 aromatic heterocycles. The van der Waals surface area contributed by atoms with Gasteiger partial charge in [-0.3, -0.25) is 9.78 Å². The van der Waals surface area contributed by atoms with Crippen molar-refractivity contribution >= 4 is 83.9 Å². The lowest BCUT2D eigenvalue weighted by molar-refractivity contribution is 0.0523. The predicted molar refractivity (Wildman–Crippen MR) is 167 cm³/mol. The number of carbonyl (C=O) groups is 2. The lowest BCUT2D eigenvalue weighted by atomic mass is 10.1. The zero-order chi connectivity index (χ0) is 28.1. The molecule has 0 saturated carbocycles. The van der Waals surface area contributed by atoms with Crippen molar-refractivity contribution in [3.05, 3.63) is 107 Å². The van der Waals surface area contributed by atoms with E-state index in [-0.39, 0.29) is 18.3 Å². The molecule has 10 heteroatoms. The van der Waals surface area contributed by atoms with Crippen LogP contribution in [0.4, 0.5) is 8.78 Å². The third-order valence-corrected chi connectivity index (χ3v) is 8.86. The van der Waals surface area contributed by atoms with Crippen molar-refractivity contribution in [2.24, 2.45) is 0 Å². The summed E-state index contributed by atoms with van der Waals surface area (Å²) in [6.07, 6.45) is 0.684. The number of nitrogens with zero attached hydrogens (tertiary/aromatic N) is 2. The van der Waals surface area contributed by atoms with Gasteiger partial charge in [-0.1, -0.05) is 52.3 Å². The molecule has 0 unspecified atom stereocenters. The fraction of sp³-hybridized carbons (Fsp3) is 0.207. The second kappa shape index (κ2) is 13.4. The smallest absolute Gasteiger partial charge is 0.339 e. The average molecular weight is 819 g/mol. The van der Waals surface area contributed by atoms with E-state index in [0.717, 1.165) is 27.7 Å². The summed E-state index contributed by atoms with van der Waals surface area (Å²) in [6, 6.07) is 18.1. The SMILES string of the molecule is CCOC(=O)c1c(CBr)ccc(F)c1I.O=C1c2c(ccc(F)c2I)CN1CCc1ccc2ccccc2n1. The minimum absolute atomic E-state index is 0.0883. The summed E-state index contributed by atoms with van der Waals surface area (Å²) in [5.41, 5.74) is 4.38. The van der Waals surface area contributed by atoms with Crippen molar-refractivity contribution < 1.29 is 23.1 Å². The molecule has 5 rings (SSSR count). The number of halogens is 5. The van der Waals surface area contributed by atoms with E-state index in [1.165, 1.54) is 12.1 Å². The third kappa shape index (κ3) is 6.76. The van der Waals surface area contributed by atoms with Crippen LogP contribution in [0.25, 0.3) is 10.9 Å². The van der Waals surface area contributed by atoms with Gasteiger partial charge in [0.2, 0.25) is 0 Å². The van der Waals surface area contributed by atoms with Crippen LogP contribution in [-0.2, 0) is 23.0 Å². The molecule has 0 atom stereocenters. The Morgan fingerprint density at radius 3 is 2.49 bits per heavy atom. The molecule has 0 spiro atoms. The van der Waals surface area contributed by atoms with E-state index in [0.29, 0.717) is 43.1 Å². The highest BCUT2D eigenvalue weighted by molar-refractivity contribution is 14.1. The van der Waals surface area contributed by atoms with Crippen molar-refractivity contribution in [3.8, 4) is 0 Å². The Morgan fingerprint density at radius 2 is 1.74 bits per heavy atom. The normalized spacial score (nSPS) is 12.3. The summed E-state index contributed by atoms with van der Waals surface area (Å²) in [5, 5.41) is 1.60. The molecule has 5 nitrogen and oxygen atoms in total. The molecule has 2 heterocycles. The first-order valence-corrected chi connectivity index (χ1v) is 15.3. The minimum Gasteiger partial charge on any atom is -0.462 e. The van der Waals surface area contributed by atoms with Crippen LogP contribution in [0, 0.1) is 18.8 Å². The molecule has 39 heavy (non-hydrogen) atoms. The quantitative estimate of drug-likeness (QED) is 0.114. The number of rotatable bonds is 6. The van der Waals surface area contributed by atoms with Gasteiger partial charge < -0.3 is 9.64 Å². The highest BCUT2D eigenvalue weighted by Gasteiger charge is 2.30. The molecule has 0 bridgehead atoms. The maximum absolute atomic E-state index is 13.7. The molecule has 0 radical (unpaired) electrons. The first kappa shape index (κ1) is 29.8. The molecule has 202 valence electrons. The second-order valence-electron chi connectivity index (χ2n) is 8.62. The molecule has 1 aliphatic heterocycles. The zero-order valence-electron chi connectivity index (χ0n) is 20.8. The van der Waals surface area contributed by atoms with Crippen LogP contribution in [0.3, 0.4) is 0 Å². The maximum Gasteiger partial charge on any atom is 0.339 e. The zero-order valence-corrected chi connectivity index (χ0v) is 26.7. The van der Waals surface area contributed by atoms with Crippen molar-refractivity contribution in [3.63, 3.8) is 0 Å². The number of fused-ring (bicyclic) bond motifs is 2. The second-order valence-corrected chi connectivity index (χ2v) is 11.3.